The van der Waals surface area contributed by atoms with Crippen LogP contribution in [0.4, 0.5) is 0 Å². The third kappa shape index (κ3) is 4.00. The van der Waals surface area contributed by atoms with Crippen LogP contribution in [0.2, 0.25) is 5.02 Å². The minimum Gasteiger partial charge on any atom is -0.396 e. The largest absolute Gasteiger partial charge is 0.396 e. The van der Waals surface area contributed by atoms with Gasteiger partial charge in [-0.05, 0) is 23.1 Å². The van der Waals surface area contributed by atoms with Crippen LogP contribution in [0.5, 0.6) is 0 Å². The second-order valence-electron chi connectivity index (χ2n) is 4.81. The summed E-state index contributed by atoms with van der Waals surface area (Å²) in [5.74, 6) is -0.131. The van der Waals surface area contributed by atoms with Gasteiger partial charge < -0.3 is 10.4 Å². The molecule has 0 aliphatic carbocycles. The number of carbonyl (C=O) groups excluding carboxylic acids is 1. The van der Waals surface area contributed by atoms with Crippen LogP contribution in [0.15, 0.2) is 18.2 Å². The van der Waals surface area contributed by atoms with E-state index in [0.717, 1.165) is 5.56 Å². The summed E-state index contributed by atoms with van der Waals surface area (Å²) in [5.41, 5.74) is 2.10. The van der Waals surface area contributed by atoms with Gasteiger partial charge in [0.25, 0.3) is 0 Å². The lowest BCUT2D eigenvalue weighted by molar-refractivity contribution is -0.125. The van der Waals surface area contributed by atoms with Gasteiger partial charge in [0.2, 0.25) is 5.91 Å². The molecule has 1 rings (SSSR count). The van der Waals surface area contributed by atoms with Gasteiger partial charge in [0.1, 0.15) is 0 Å². The molecular formula is C14H20ClNO2. The molecule has 0 saturated carbocycles. The lowest BCUT2D eigenvalue weighted by atomic mass is 10.0. The monoisotopic (exact) mass is 269 g/mol. The molecule has 4 heteroatoms. The molecule has 0 spiro atoms. The van der Waals surface area contributed by atoms with Crippen molar-refractivity contribution in [2.75, 3.05) is 6.61 Å². The van der Waals surface area contributed by atoms with Crippen molar-refractivity contribution in [1.29, 1.82) is 0 Å². The van der Waals surface area contributed by atoms with Gasteiger partial charge >= 0.3 is 0 Å². The smallest absolute Gasteiger partial charge is 0.225 e. The quantitative estimate of drug-likeness (QED) is 0.864. The molecule has 1 atom stereocenters. The van der Waals surface area contributed by atoms with E-state index >= 15 is 0 Å². The Bertz CT molecular complexity index is 418. The molecule has 100 valence electrons. The van der Waals surface area contributed by atoms with Crippen LogP contribution < -0.4 is 5.32 Å². The normalized spacial score (nSPS) is 12.6. The number of rotatable bonds is 5. The highest BCUT2D eigenvalue weighted by molar-refractivity contribution is 6.31. The summed E-state index contributed by atoms with van der Waals surface area (Å²) < 4.78 is 0. The number of carbonyl (C=O) groups is 1. The number of nitrogens with one attached hydrogen (secondary N) is 1. The van der Waals surface area contributed by atoms with Crippen molar-refractivity contribution in [2.24, 2.45) is 5.92 Å². The van der Waals surface area contributed by atoms with E-state index in [9.17, 15) is 4.79 Å². The molecule has 1 amide bonds. The van der Waals surface area contributed by atoms with Crippen molar-refractivity contribution in [1.82, 2.24) is 5.32 Å². The summed E-state index contributed by atoms with van der Waals surface area (Å²) in [4.78, 5) is 11.6. The second-order valence-corrected chi connectivity index (χ2v) is 5.21. The van der Waals surface area contributed by atoms with Crippen molar-refractivity contribution >= 4 is 17.5 Å². The van der Waals surface area contributed by atoms with Gasteiger partial charge in [0.15, 0.2) is 0 Å². The highest BCUT2D eigenvalue weighted by Gasteiger charge is 2.12. The Morgan fingerprint density at radius 1 is 1.39 bits per heavy atom. The second kappa shape index (κ2) is 6.76. The summed E-state index contributed by atoms with van der Waals surface area (Å²) in [6, 6.07) is 5.86. The van der Waals surface area contributed by atoms with E-state index in [0.29, 0.717) is 17.5 Å². The summed E-state index contributed by atoms with van der Waals surface area (Å²) in [6.45, 7) is 6.15. The summed E-state index contributed by atoms with van der Waals surface area (Å²) >= 11 is 6.10. The molecule has 0 radical (unpaired) electrons. The fraction of sp³-hybridized carbons (Fsp3) is 0.500. The van der Waals surface area contributed by atoms with Crippen LogP contribution >= 0.6 is 11.6 Å². The van der Waals surface area contributed by atoms with Crippen LogP contribution in [0.25, 0.3) is 0 Å². The standard InChI is InChI=1S/C14H20ClNO2/c1-9(2)11-4-5-13(15)12(6-11)7-16-14(18)10(3)8-17/h4-6,9-10,17H,7-8H2,1-3H3,(H,16,18). The van der Waals surface area contributed by atoms with E-state index in [1.807, 2.05) is 18.2 Å². The van der Waals surface area contributed by atoms with Crippen LogP contribution in [-0.4, -0.2) is 17.6 Å². The maximum atomic E-state index is 11.6. The molecule has 18 heavy (non-hydrogen) atoms. The third-order valence-corrected chi connectivity index (χ3v) is 3.28. The highest BCUT2D eigenvalue weighted by Crippen LogP contribution is 2.22. The average Bonchev–Trinajstić information content (AvgIpc) is 2.36. The fourth-order valence-electron chi connectivity index (χ4n) is 1.53. The maximum Gasteiger partial charge on any atom is 0.225 e. The van der Waals surface area contributed by atoms with Gasteiger partial charge in [-0.3, -0.25) is 4.79 Å². The Balaban J connectivity index is 2.72. The van der Waals surface area contributed by atoms with Crippen LogP contribution in [0.1, 0.15) is 37.8 Å². The first-order valence-corrected chi connectivity index (χ1v) is 6.50. The third-order valence-electron chi connectivity index (χ3n) is 2.91. The highest BCUT2D eigenvalue weighted by atomic mass is 35.5. The van der Waals surface area contributed by atoms with Crippen LogP contribution in [0.3, 0.4) is 0 Å². The Morgan fingerprint density at radius 2 is 2.06 bits per heavy atom. The number of benzene rings is 1. The summed E-state index contributed by atoms with van der Waals surface area (Å²) in [6.07, 6.45) is 0. The molecule has 0 heterocycles. The maximum absolute atomic E-state index is 11.6. The molecule has 0 aliphatic heterocycles. The molecular weight excluding hydrogens is 250 g/mol. The predicted octanol–water partition coefficient (Wildman–Crippen LogP) is 2.71. The number of aliphatic hydroxyl groups excluding tert-OH is 1. The summed E-state index contributed by atoms with van der Waals surface area (Å²) in [7, 11) is 0. The van der Waals surface area contributed by atoms with Crippen LogP contribution in [0, 0.1) is 5.92 Å². The van der Waals surface area contributed by atoms with Crippen molar-refractivity contribution in [3.63, 3.8) is 0 Å². The SMILES string of the molecule is CC(CO)C(=O)NCc1cc(C(C)C)ccc1Cl. The minimum atomic E-state index is -0.392. The number of hydrogen-bond donors (Lipinski definition) is 2. The summed E-state index contributed by atoms with van der Waals surface area (Å²) in [5, 5.41) is 12.3. The van der Waals surface area contributed by atoms with E-state index in [1.54, 1.807) is 6.92 Å². The van der Waals surface area contributed by atoms with Crippen molar-refractivity contribution < 1.29 is 9.90 Å². The molecule has 2 N–H and O–H groups in total. The lowest BCUT2D eigenvalue weighted by Crippen LogP contribution is -2.30. The fourth-order valence-corrected chi connectivity index (χ4v) is 1.71. The zero-order valence-corrected chi connectivity index (χ0v) is 11.8. The van der Waals surface area contributed by atoms with Crippen LogP contribution in [-0.2, 0) is 11.3 Å². The average molecular weight is 270 g/mol. The zero-order valence-electron chi connectivity index (χ0n) is 11.0. The number of aliphatic hydroxyl groups is 1. The van der Waals surface area contributed by atoms with E-state index in [1.165, 1.54) is 5.56 Å². The van der Waals surface area contributed by atoms with E-state index in [4.69, 9.17) is 16.7 Å². The first kappa shape index (κ1) is 15.0. The Hall–Kier alpha value is -1.06. The van der Waals surface area contributed by atoms with Crippen molar-refractivity contribution in [2.45, 2.75) is 33.2 Å². The van der Waals surface area contributed by atoms with E-state index < -0.39 is 5.92 Å². The van der Waals surface area contributed by atoms with E-state index in [2.05, 4.69) is 19.2 Å². The van der Waals surface area contributed by atoms with Crippen molar-refractivity contribution in [3.8, 4) is 0 Å². The van der Waals surface area contributed by atoms with Gasteiger partial charge in [0.05, 0.1) is 12.5 Å². The molecule has 3 nitrogen and oxygen atoms in total. The zero-order chi connectivity index (χ0) is 13.7. The Kier molecular flexibility index (Phi) is 5.63. The predicted molar refractivity (Wildman–Crippen MR) is 73.6 cm³/mol. The van der Waals surface area contributed by atoms with Crippen molar-refractivity contribution in [3.05, 3.63) is 34.3 Å². The molecule has 1 unspecified atom stereocenters. The molecule has 1 aromatic rings. The van der Waals surface area contributed by atoms with Gasteiger partial charge in [-0.15, -0.1) is 0 Å². The minimum absolute atomic E-state index is 0.147. The first-order chi connectivity index (χ1) is 8.45. The van der Waals surface area contributed by atoms with Gasteiger partial charge in [-0.1, -0.05) is 44.5 Å². The molecule has 0 saturated heterocycles. The Labute approximate surface area is 113 Å². The Morgan fingerprint density at radius 3 is 2.61 bits per heavy atom. The molecule has 0 bridgehead atoms. The number of halogens is 1. The van der Waals surface area contributed by atoms with Gasteiger partial charge in [0, 0.05) is 11.6 Å². The molecule has 1 aromatic carbocycles. The van der Waals surface area contributed by atoms with Gasteiger partial charge in [-0.25, -0.2) is 0 Å². The number of hydrogen-bond acceptors (Lipinski definition) is 2. The molecule has 0 aliphatic rings. The lowest BCUT2D eigenvalue weighted by Gasteiger charge is -2.13. The molecule has 0 aromatic heterocycles. The topological polar surface area (TPSA) is 49.3 Å². The van der Waals surface area contributed by atoms with Gasteiger partial charge in [-0.2, -0.15) is 0 Å². The molecule has 0 fully saturated rings. The number of amides is 1. The first-order valence-electron chi connectivity index (χ1n) is 6.12. The van der Waals surface area contributed by atoms with E-state index in [-0.39, 0.29) is 12.5 Å².